The summed E-state index contributed by atoms with van der Waals surface area (Å²) >= 11 is 0. The average molecular weight is 397 g/mol. The van der Waals surface area contributed by atoms with Crippen LogP contribution in [0.2, 0.25) is 0 Å². The van der Waals surface area contributed by atoms with E-state index in [-0.39, 0.29) is 12.2 Å². The van der Waals surface area contributed by atoms with Crippen molar-refractivity contribution in [2.75, 3.05) is 13.7 Å². The molecule has 1 saturated carbocycles. The maximum absolute atomic E-state index is 12.1. The number of allylic oxidation sites excluding steroid dienone is 5. The second kappa shape index (κ2) is 9.41. The van der Waals surface area contributed by atoms with Crippen LogP contribution in [0.15, 0.2) is 52.7 Å². The standard InChI is InChI=1S/C12H13N3O3.C10H14O/c1-2-18-12(17)8-6-13-10-5-9(7-3-4-7)14-15(10)11(8)16;1-3-9-5-4-6-10(11-2)8-7-9/h5-7,14H,2-4H2,1H3;5-8H,3-4H2,1-2H3. The Morgan fingerprint density at radius 2 is 2.07 bits per heavy atom. The van der Waals surface area contributed by atoms with Crippen molar-refractivity contribution in [2.45, 2.75) is 45.4 Å². The van der Waals surface area contributed by atoms with Gasteiger partial charge < -0.3 is 9.47 Å². The van der Waals surface area contributed by atoms with Gasteiger partial charge in [-0.2, -0.15) is 0 Å². The highest BCUT2D eigenvalue weighted by atomic mass is 16.5. The van der Waals surface area contributed by atoms with Crippen LogP contribution >= 0.6 is 0 Å². The van der Waals surface area contributed by atoms with Crippen molar-refractivity contribution in [3.8, 4) is 0 Å². The Hall–Kier alpha value is -3.09. The Bertz CT molecular complexity index is 1000. The lowest BCUT2D eigenvalue weighted by molar-refractivity contribution is 0.0523. The van der Waals surface area contributed by atoms with E-state index in [9.17, 15) is 9.59 Å². The van der Waals surface area contributed by atoms with E-state index in [1.165, 1.54) is 16.3 Å². The lowest BCUT2D eigenvalue weighted by Gasteiger charge is -2.00. The molecule has 2 aliphatic rings. The van der Waals surface area contributed by atoms with Crippen molar-refractivity contribution in [3.63, 3.8) is 0 Å². The molecule has 0 saturated heterocycles. The fourth-order valence-electron chi connectivity index (χ4n) is 3.00. The molecule has 0 aromatic carbocycles. The largest absolute Gasteiger partial charge is 0.497 e. The first kappa shape index (κ1) is 20.6. The highest BCUT2D eigenvalue weighted by Gasteiger charge is 2.26. The number of aromatic amines is 1. The quantitative estimate of drug-likeness (QED) is 0.774. The normalized spacial score (nSPS) is 15.7. The summed E-state index contributed by atoms with van der Waals surface area (Å²) in [6, 6.07) is 1.86. The van der Waals surface area contributed by atoms with Gasteiger partial charge in [0.1, 0.15) is 11.3 Å². The monoisotopic (exact) mass is 397 g/mol. The summed E-state index contributed by atoms with van der Waals surface area (Å²) in [5.41, 5.74) is 2.47. The summed E-state index contributed by atoms with van der Waals surface area (Å²) in [7, 11) is 1.70. The fourth-order valence-corrected chi connectivity index (χ4v) is 3.00. The molecule has 154 valence electrons. The fraction of sp³-hybridized carbons (Fsp3) is 0.409. The van der Waals surface area contributed by atoms with Crippen LogP contribution in [-0.2, 0) is 9.47 Å². The van der Waals surface area contributed by atoms with Crippen LogP contribution in [-0.4, -0.2) is 34.3 Å². The van der Waals surface area contributed by atoms with Crippen LogP contribution in [0.5, 0.6) is 0 Å². The van der Waals surface area contributed by atoms with Crippen LogP contribution < -0.4 is 5.56 Å². The van der Waals surface area contributed by atoms with Gasteiger partial charge in [-0.3, -0.25) is 9.89 Å². The third-order valence-corrected chi connectivity index (χ3v) is 4.83. The highest BCUT2D eigenvalue weighted by Crippen LogP contribution is 2.39. The lowest BCUT2D eigenvalue weighted by Crippen LogP contribution is -2.24. The number of aromatic nitrogens is 3. The average Bonchev–Trinajstić information content (AvgIpc) is 3.52. The minimum absolute atomic E-state index is 0.0430. The number of hydrogen-bond acceptors (Lipinski definition) is 5. The molecule has 0 radical (unpaired) electrons. The van der Waals surface area contributed by atoms with E-state index >= 15 is 0 Å². The van der Waals surface area contributed by atoms with Gasteiger partial charge in [-0.1, -0.05) is 24.6 Å². The number of esters is 1. The molecule has 2 aromatic heterocycles. The van der Waals surface area contributed by atoms with E-state index in [0.29, 0.717) is 11.6 Å². The van der Waals surface area contributed by atoms with Gasteiger partial charge in [0.2, 0.25) is 0 Å². The molecule has 0 amide bonds. The number of nitrogens with one attached hydrogen (secondary N) is 1. The molecule has 2 heterocycles. The second-order valence-corrected chi connectivity index (χ2v) is 6.89. The Morgan fingerprint density at radius 3 is 2.72 bits per heavy atom. The smallest absolute Gasteiger partial charge is 0.345 e. The SMILES string of the molecule is CCC1=CCC=C(OC)C=C1.CCOC(=O)c1cnc2cc(C3CC3)[nH]n2c1=O. The number of hydrogen-bond donors (Lipinski definition) is 1. The minimum atomic E-state index is -0.632. The molecular weight excluding hydrogens is 370 g/mol. The molecule has 1 fully saturated rings. The molecule has 0 bridgehead atoms. The summed E-state index contributed by atoms with van der Waals surface area (Å²) < 4.78 is 11.2. The minimum Gasteiger partial charge on any atom is -0.497 e. The van der Waals surface area contributed by atoms with Crippen molar-refractivity contribution in [1.29, 1.82) is 0 Å². The van der Waals surface area contributed by atoms with Gasteiger partial charge in [0, 0.05) is 23.9 Å². The first-order valence-corrected chi connectivity index (χ1v) is 9.96. The summed E-state index contributed by atoms with van der Waals surface area (Å²) in [4.78, 5) is 27.8. The third kappa shape index (κ3) is 5.04. The summed E-state index contributed by atoms with van der Waals surface area (Å²) in [6.45, 7) is 4.09. The van der Waals surface area contributed by atoms with E-state index in [4.69, 9.17) is 9.47 Å². The van der Waals surface area contributed by atoms with Crippen LogP contribution in [0.25, 0.3) is 5.65 Å². The van der Waals surface area contributed by atoms with Gasteiger partial charge >= 0.3 is 5.97 Å². The molecule has 0 spiro atoms. The number of rotatable bonds is 5. The summed E-state index contributed by atoms with van der Waals surface area (Å²) in [5, 5.41) is 3.00. The Morgan fingerprint density at radius 1 is 1.28 bits per heavy atom. The first-order chi connectivity index (χ1) is 14.1. The van der Waals surface area contributed by atoms with Crippen molar-refractivity contribution in [2.24, 2.45) is 0 Å². The number of fused-ring (bicyclic) bond motifs is 1. The van der Waals surface area contributed by atoms with Crippen LogP contribution in [0, 0.1) is 0 Å². The molecule has 29 heavy (non-hydrogen) atoms. The van der Waals surface area contributed by atoms with E-state index < -0.39 is 11.5 Å². The van der Waals surface area contributed by atoms with Gasteiger partial charge in [0.05, 0.1) is 13.7 Å². The molecule has 0 unspecified atom stereocenters. The van der Waals surface area contributed by atoms with Gasteiger partial charge in [0.25, 0.3) is 5.56 Å². The summed E-state index contributed by atoms with van der Waals surface area (Å²) in [6.07, 6.45) is 14.1. The van der Waals surface area contributed by atoms with E-state index in [1.807, 2.05) is 12.1 Å². The number of nitrogens with zero attached hydrogens (tertiary/aromatic N) is 2. The predicted octanol–water partition coefficient (Wildman–Crippen LogP) is 3.89. The number of ether oxygens (including phenoxy) is 2. The lowest BCUT2D eigenvalue weighted by atomic mass is 10.2. The molecule has 1 N–H and O–H groups in total. The van der Waals surface area contributed by atoms with Gasteiger partial charge in [-0.15, -0.1) is 0 Å². The Kier molecular flexibility index (Phi) is 6.69. The van der Waals surface area contributed by atoms with E-state index in [1.54, 1.807) is 14.0 Å². The molecule has 2 aromatic rings. The Labute approximate surface area is 169 Å². The number of H-pyrrole nitrogens is 1. The zero-order valence-electron chi connectivity index (χ0n) is 17.1. The number of carbonyl (C=O) groups is 1. The molecule has 4 rings (SSSR count). The zero-order valence-corrected chi connectivity index (χ0v) is 17.1. The first-order valence-electron chi connectivity index (χ1n) is 9.96. The molecular formula is C22H27N3O4. The van der Waals surface area contributed by atoms with Crippen molar-refractivity contribution in [3.05, 3.63) is 69.5 Å². The second-order valence-electron chi connectivity index (χ2n) is 6.89. The topological polar surface area (TPSA) is 85.7 Å². The molecule has 7 heteroatoms. The van der Waals surface area contributed by atoms with Gasteiger partial charge in [-0.05, 0) is 44.8 Å². The van der Waals surface area contributed by atoms with E-state index in [0.717, 1.165) is 37.1 Å². The van der Waals surface area contributed by atoms with Crippen LogP contribution in [0.1, 0.15) is 61.5 Å². The number of carbonyl (C=O) groups excluding carboxylic acids is 1. The van der Waals surface area contributed by atoms with E-state index in [2.05, 4.69) is 35.2 Å². The third-order valence-electron chi connectivity index (χ3n) is 4.83. The maximum atomic E-state index is 12.1. The van der Waals surface area contributed by atoms with Gasteiger partial charge in [0.15, 0.2) is 5.65 Å². The van der Waals surface area contributed by atoms with Crippen molar-refractivity contribution >= 4 is 11.6 Å². The molecule has 0 atom stereocenters. The maximum Gasteiger partial charge on any atom is 0.345 e. The van der Waals surface area contributed by atoms with Gasteiger partial charge in [-0.25, -0.2) is 14.3 Å². The highest BCUT2D eigenvalue weighted by molar-refractivity contribution is 5.88. The molecule has 2 aliphatic carbocycles. The number of methoxy groups -OCH3 is 1. The van der Waals surface area contributed by atoms with Crippen molar-refractivity contribution < 1.29 is 14.3 Å². The molecule has 7 nitrogen and oxygen atoms in total. The predicted molar refractivity (Wildman–Crippen MR) is 111 cm³/mol. The molecule has 0 aliphatic heterocycles. The Balaban J connectivity index is 0.000000188. The summed E-state index contributed by atoms with van der Waals surface area (Å²) in [5.74, 6) is 0.828. The van der Waals surface area contributed by atoms with Crippen molar-refractivity contribution in [1.82, 2.24) is 14.6 Å². The van der Waals surface area contributed by atoms with Crippen LogP contribution in [0.3, 0.4) is 0 Å². The van der Waals surface area contributed by atoms with Crippen LogP contribution in [0.4, 0.5) is 0 Å². The zero-order chi connectivity index (χ0) is 20.8.